The molecule has 0 radical (unpaired) electrons. The van der Waals surface area contributed by atoms with Crippen LogP contribution in [0.25, 0.3) is 0 Å². The third-order valence-electron chi connectivity index (χ3n) is 5.52. The number of unbranched alkanes of at least 4 members (excludes halogenated alkanes) is 1. The molecule has 0 saturated carbocycles. The van der Waals surface area contributed by atoms with Gasteiger partial charge in [0.05, 0.1) is 33.9 Å². The lowest BCUT2D eigenvalue weighted by atomic mass is 10.0. The summed E-state index contributed by atoms with van der Waals surface area (Å²) in [4.78, 5) is 37.0. The molecular weight excluding hydrogens is 534 g/mol. The standard InChI is InChI=1S/C26H44NO8.BrH/c1-7-13-21(28)33-20-19-32-26(31-18-12-11-17-27(5,6)16-10-4)25(35-23(30)15-9-3)24(20)34-22(29)14-8-2;/h4,20,24-26H,7-9,11-19H2,1-3,5-6H3;1H/q+1;/p-1/t20-,24-,25-,26?;/m1./s1. The molecule has 10 heteroatoms. The minimum absolute atomic E-state index is 0. The van der Waals surface area contributed by atoms with Gasteiger partial charge >= 0.3 is 17.9 Å². The van der Waals surface area contributed by atoms with Gasteiger partial charge in [-0.05, 0) is 38.0 Å². The van der Waals surface area contributed by atoms with Crippen molar-refractivity contribution in [1.29, 1.82) is 0 Å². The lowest BCUT2D eigenvalue weighted by molar-refractivity contribution is -0.883. The highest BCUT2D eigenvalue weighted by atomic mass is 79.9. The van der Waals surface area contributed by atoms with Gasteiger partial charge in [-0.25, -0.2) is 0 Å². The predicted octanol–water partition coefficient (Wildman–Crippen LogP) is -0.0112. The van der Waals surface area contributed by atoms with Gasteiger partial charge in [0.2, 0.25) is 0 Å². The molecule has 1 unspecified atom stereocenters. The van der Waals surface area contributed by atoms with Crippen molar-refractivity contribution in [3.05, 3.63) is 0 Å². The Kier molecular flexibility index (Phi) is 17.7. The maximum atomic E-state index is 12.4. The molecule has 1 heterocycles. The van der Waals surface area contributed by atoms with Crippen LogP contribution in [0.15, 0.2) is 0 Å². The van der Waals surface area contributed by atoms with Gasteiger partial charge in [-0.3, -0.25) is 14.4 Å². The molecule has 0 spiro atoms. The molecule has 1 aliphatic rings. The summed E-state index contributed by atoms with van der Waals surface area (Å²) in [6.45, 7) is 7.45. The van der Waals surface area contributed by atoms with Crippen molar-refractivity contribution >= 4 is 17.9 Å². The number of carbonyl (C=O) groups is 3. The van der Waals surface area contributed by atoms with Gasteiger partial charge < -0.3 is 45.1 Å². The Bertz CT molecular complexity index is 709. The molecule has 9 nitrogen and oxygen atoms in total. The van der Waals surface area contributed by atoms with Gasteiger partial charge in [-0.15, -0.1) is 6.42 Å². The molecule has 1 aliphatic heterocycles. The first-order chi connectivity index (χ1) is 16.7. The molecule has 1 fully saturated rings. The zero-order valence-corrected chi connectivity index (χ0v) is 24.0. The Labute approximate surface area is 226 Å². The van der Waals surface area contributed by atoms with Crippen LogP contribution in [-0.4, -0.2) is 87.4 Å². The van der Waals surface area contributed by atoms with Gasteiger partial charge in [-0.1, -0.05) is 20.8 Å². The van der Waals surface area contributed by atoms with E-state index in [-0.39, 0.29) is 42.9 Å². The molecule has 0 aromatic carbocycles. The van der Waals surface area contributed by atoms with E-state index in [1.54, 1.807) is 0 Å². The summed E-state index contributed by atoms with van der Waals surface area (Å²) < 4.78 is 29.4. The van der Waals surface area contributed by atoms with Crippen LogP contribution in [0.1, 0.15) is 72.1 Å². The highest BCUT2D eigenvalue weighted by Gasteiger charge is 2.48. The van der Waals surface area contributed by atoms with Gasteiger partial charge in [0.15, 0.2) is 24.6 Å². The monoisotopic (exact) mass is 577 g/mol. The zero-order chi connectivity index (χ0) is 26.3. The second-order valence-electron chi connectivity index (χ2n) is 9.49. The highest BCUT2D eigenvalue weighted by molar-refractivity contribution is 5.71. The van der Waals surface area contributed by atoms with E-state index in [2.05, 4.69) is 20.0 Å². The first-order valence-corrected chi connectivity index (χ1v) is 12.7. The first kappa shape index (κ1) is 34.3. The van der Waals surface area contributed by atoms with Crippen molar-refractivity contribution in [3.8, 4) is 12.3 Å². The SMILES string of the molecule is C#CC[N+](C)(C)CCCCOC1OC[C@@H](OC(=O)CCC)[C@@H](OC(=O)CCC)[C@H]1OC(=O)CCC.[Br-]. The highest BCUT2D eigenvalue weighted by Crippen LogP contribution is 2.26. The molecule has 0 amide bonds. The topological polar surface area (TPSA) is 97.4 Å². The van der Waals surface area contributed by atoms with Crippen LogP contribution in [0.5, 0.6) is 0 Å². The van der Waals surface area contributed by atoms with Crippen molar-refractivity contribution in [2.45, 2.75) is 96.7 Å². The maximum Gasteiger partial charge on any atom is 0.306 e. The number of hydrogen-bond acceptors (Lipinski definition) is 8. The first-order valence-electron chi connectivity index (χ1n) is 12.7. The smallest absolute Gasteiger partial charge is 0.306 e. The van der Waals surface area contributed by atoms with Crippen molar-refractivity contribution in [2.24, 2.45) is 0 Å². The number of carbonyl (C=O) groups excluding carboxylic acids is 3. The Balaban J connectivity index is 0.0000122. The van der Waals surface area contributed by atoms with Gasteiger partial charge in [0.1, 0.15) is 6.54 Å². The predicted molar refractivity (Wildman–Crippen MR) is 130 cm³/mol. The number of quaternary nitrogens is 1. The molecule has 36 heavy (non-hydrogen) atoms. The number of esters is 3. The van der Waals surface area contributed by atoms with Crippen LogP contribution in [0, 0.1) is 12.3 Å². The largest absolute Gasteiger partial charge is 1.00 e. The Morgan fingerprint density at radius 3 is 1.94 bits per heavy atom. The average Bonchev–Trinajstić information content (AvgIpc) is 2.77. The Morgan fingerprint density at radius 2 is 1.42 bits per heavy atom. The molecule has 1 saturated heterocycles. The number of rotatable bonds is 16. The van der Waals surface area contributed by atoms with E-state index in [0.717, 1.165) is 19.4 Å². The third-order valence-corrected chi connectivity index (χ3v) is 5.52. The molecule has 1 rings (SSSR count). The summed E-state index contributed by atoms with van der Waals surface area (Å²) in [6.07, 6.45) is 5.59. The molecule has 0 aliphatic carbocycles. The van der Waals surface area contributed by atoms with Gasteiger partial charge in [0.25, 0.3) is 0 Å². The third kappa shape index (κ3) is 13.0. The van der Waals surface area contributed by atoms with Crippen LogP contribution < -0.4 is 17.0 Å². The van der Waals surface area contributed by atoms with E-state index >= 15 is 0 Å². The number of ether oxygens (including phenoxy) is 5. The van der Waals surface area contributed by atoms with Crippen molar-refractivity contribution in [3.63, 3.8) is 0 Å². The van der Waals surface area contributed by atoms with Crippen LogP contribution >= 0.6 is 0 Å². The fourth-order valence-corrected chi connectivity index (χ4v) is 3.68. The molecule has 0 bridgehead atoms. The molecule has 0 N–H and O–H groups in total. The zero-order valence-electron chi connectivity index (χ0n) is 22.5. The lowest BCUT2D eigenvalue weighted by Gasteiger charge is -2.40. The van der Waals surface area contributed by atoms with Crippen molar-refractivity contribution < 1.29 is 59.5 Å². The minimum Gasteiger partial charge on any atom is -1.00 e. The summed E-state index contributed by atoms with van der Waals surface area (Å²) in [6, 6.07) is 0. The summed E-state index contributed by atoms with van der Waals surface area (Å²) in [5, 5.41) is 0. The van der Waals surface area contributed by atoms with Gasteiger partial charge in [0, 0.05) is 19.3 Å². The molecule has 0 aromatic heterocycles. The maximum absolute atomic E-state index is 12.4. The molecule has 208 valence electrons. The summed E-state index contributed by atoms with van der Waals surface area (Å²) >= 11 is 0. The van der Waals surface area contributed by atoms with Crippen LogP contribution in [-0.2, 0) is 38.1 Å². The normalized spacial score (nSPS) is 21.6. The van der Waals surface area contributed by atoms with Crippen LogP contribution in [0.3, 0.4) is 0 Å². The number of hydrogen-bond donors (Lipinski definition) is 0. The second-order valence-corrected chi connectivity index (χ2v) is 9.49. The number of terminal acetylenes is 1. The summed E-state index contributed by atoms with van der Waals surface area (Å²) in [5.74, 6) is 1.34. The van der Waals surface area contributed by atoms with Gasteiger partial charge in [-0.2, -0.15) is 0 Å². The van der Waals surface area contributed by atoms with Crippen LogP contribution in [0.2, 0.25) is 0 Å². The van der Waals surface area contributed by atoms with Crippen molar-refractivity contribution in [1.82, 2.24) is 0 Å². The van der Waals surface area contributed by atoms with E-state index in [9.17, 15) is 14.4 Å². The van der Waals surface area contributed by atoms with E-state index in [4.69, 9.17) is 30.1 Å². The molecule has 4 atom stereocenters. The van der Waals surface area contributed by atoms with Crippen molar-refractivity contribution in [2.75, 3.05) is 40.4 Å². The average molecular weight is 579 g/mol. The summed E-state index contributed by atoms with van der Waals surface area (Å²) in [5.41, 5.74) is 0. The lowest BCUT2D eigenvalue weighted by Crippen LogP contribution is -3.00. The van der Waals surface area contributed by atoms with E-state index < -0.39 is 42.5 Å². The fraction of sp³-hybridized carbons (Fsp3) is 0.808. The quantitative estimate of drug-likeness (QED) is 0.0830. The Hall–Kier alpha value is -1.67. The van der Waals surface area contributed by atoms with E-state index in [1.807, 2.05) is 20.8 Å². The molecular formula is C26H44BrNO8. The summed E-state index contributed by atoms with van der Waals surface area (Å²) in [7, 11) is 4.15. The molecule has 0 aromatic rings. The number of nitrogens with zero attached hydrogens (tertiary/aromatic N) is 1. The number of halogens is 1. The minimum atomic E-state index is -1.04. The fourth-order valence-electron chi connectivity index (χ4n) is 3.68. The Morgan fingerprint density at radius 1 is 0.889 bits per heavy atom. The second kappa shape index (κ2) is 18.6. The van der Waals surface area contributed by atoms with E-state index in [1.165, 1.54) is 0 Å². The van der Waals surface area contributed by atoms with E-state index in [0.29, 0.717) is 36.9 Å². The van der Waals surface area contributed by atoms with Crippen LogP contribution in [0.4, 0.5) is 0 Å².